The number of carbonyl (C=O) groups is 1. The zero-order valence-electron chi connectivity index (χ0n) is 19.8. The predicted molar refractivity (Wildman–Crippen MR) is 130 cm³/mol. The largest absolute Gasteiger partial charge is 0.416 e. The van der Waals surface area contributed by atoms with Crippen molar-refractivity contribution in [3.63, 3.8) is 0 Å². The number of nitrogens with one attached hydrogen (secondary N) is 1. The lowest BCUT2D eigenvalue weighted by Crippen LogP contribution is -2.42. The van der Waals surface area contributed by atoms with Crippen molar-refractivity contribution in [2.75, 3.05) is 18.4 Å². The molecule has 3 heterocycles. The molecule has 2 atom stereocenters. The molecule has 1 saturated heterocycles. The van der Waals surface area contributed by atoms with Crippen LogP contribution in [-0.4, -0.2) is 41.3 Å². The molecule has 13 heteroatoms. The van der Waals surface area contributed by atoms with Crippen LogP contribution in [0.1, 0.15) is 30.7 Å². The summed E-state index contributed by atoms with van der Waals surface area (Å²) in [6.45, 7) is 5.81. The van der Waals surface area contributed by atoms with E-state index in [2.05, 4.69) is 10.3 Å². The number of anilines is 1. The molecule has 0 spiro atoms. The molecule has 194 valence electrons. The third-order valence-corrected chi connectivity index (χ3v) is 9.19. The quantitative estimate of drug-likeness (QED) is 0.524. The number of aryl methyl sites for hydroxylation is 1. The van der Waals surface area contributed by atoms with Crippen molar-refractivity contribution in [3.05, 3.63) is 51.4 Å². The summed E-state index contributed by atoms with van der Waals surface area (Å²) in [6.07, 6.45) is -2.43. The Labute approximate surface area is 209 Å². The lowest BCUT2D eigenvalue weighted by atomic mass is 9.94. The van der Waals surface area contributed by atoms with E-state index >= 15 is 0 Å². The minimum absolute atomic E-state index is 0.0618. The molecule has 2 aromatic heterocycles. The summed E-state index contributed by atoms with van der Waals surface area (Å²) in [5, 5.41) is 2.38. The van der Waals surface area contributed by atoms with Crippen molar-refractivity contribution < 1.29 is 26.4 Å². The number of aromatic nitrogens is 2. The molecule has 1 amide bonds. The first kappa shape index (κ1) is 26.3. The Kier molecular flexibility index (Phi) is 7.01. The lowest BCUT2D eigenvalue weighted by molar-refractivity contribution is -0.137. The van der Waals surface area contributed by atoms with Gasteiger partial charge in [-0.25, -0.2) is 13.4 Å². The van der Waals surface area contributed by atoms with Gasteiger partial charge in [0.05, 0.1) is 17.3 Å². The van der Waals surface area contributed by atoms with Gasteiger partial charge in [-0.2, -0.15) is 17.5 Å². The van der Waals surface area contributed by atoms with Gasteiger partial charge in [0.25, 0.3) is 5.56 Å². The first-order valence-electron chi connectivity index (χ1n) is 11.2. The summed E-state index contributed by atoms with van der Waals surface area (Å²) >= 11 is 1.10. The fraction of sp³-hybridized carbons (Fsp3) is 0.435. The molecule has 0 radical (unpaired) electrons. The number of carbonyl (C=O) groups excluding carboxylic acids is 1. The first-order valence-corrected chi connectivity index (χ1v) is 13.5. The van der Waals surface area contributed by atoms with Gasteiger partial charge in [0, 0.05) is 23.7 Å². The minimum atomic E-state index is -4.50. The van der Waals surface area contributed by atoms with E-state index in [1.807, 2.05) is 13.8 Å². The summed E-state index contributed by atoms with van der Waals surface area (Å²) < 4.78 is 67.8. The van der Waals surface area contributed by atoms with E-state index in [0.29, 0.717) is 18.0 Å². The Morgan fingerprint density at radius 1 is 1.17 bits per heavy atom. The van der Waals surface area contributed by atoms with Crippen LogP contribution in [0.2, 0.25) is 0 Å². The summed E-state index contributed by atoms with van der Waals surface area (Å²) in [7, 11) is -3.98. The van der Waals surface area contributed by atoms with Gasteiger partial charge in [-0.15, -0.1) is 11.3 Å². The molecule has 1 aliphatic rings. The monoisotopic (exact) mass is 542 g/mol. The van der Waals surface area contributed by atoms with Gasteiger partial charge in [-0.3, -0.25) is 14.2 Å². The zero-order chi connectivity index (χ0) is 26.4. The normalized spacial score (nSPS) is 19.5. The third-order valence-electron chi connectivity index (χ3n) is 6.04. The number of alkyl halides is 3. The van der Waals surface area contributed by atoms with Gasteiger partial charge < -0.3 is 5.32 Å². The number of halogens is 3. The number of rotatable bonds is 5. The van der Waals surface area contributed by atoms with Crippen molar-refractivity contribution >= 4 is 43.2 Å². The van der Waals surface area contributed by atoms with E-state index in [1.54, 1.807) is 6.92 Å². The van der Waals surface area contributed by atoms with Crippen LogP contribution in [0.25, 0.3) is 10.2 Å². The molecule has 0 unspecified atom stereocenters. The number of fused-ring (bicyclic) bond motifs is 1. The maximum absolute atomic E-state index is 13.6. The number of benzene rings is 1. The molecule has 1 aromatic carbocycles. The number of sulfonamides is 1. The summed E-state index contributed by atoms with van der Waals surface area (Å²) in [5.41, 5.74) is -1.41. The molecule has 0 bridgehead atoms. The molecular weight excluding hydrogens is 517 g/mol. The lowest BCUT2D eigenvalue weighted by Gasteiger charge is -2.34. The number of thiophene rings is 1. The van der Waals surface area contributed by atoms with Crippen LogP contribution in [0.4, 0.5) is 18.9 Å². The maximum Gasteiger partial charge on any atom is 0.416 e. The number of hydrogen-bond acceptors (Lipinski definition) is 6. The van der Waals surface area contributed by atoms with Crippen molar-refractivity contribution in [2.45, 2.75) is 44.8 Å². The summed E-state index contributed by atoms with van der Waals surface area (Å²) in [5.74, 6) is -0.317. The number of nitrogens with zero attached hydrogens (tertiary/aromatic N) is 3. The molecule has 0 aliphatic carbocycles. The van der Waals surface area contributed by atoms with Gasteiger partial charge in [-0.1, -0.05) is 13.8 Å². The number of piperidine rings is 1. The number of hydrogen-bond donors (Lipinski definition) is 1. The average molecular weight is 543 g/mol. The standard InChI is InChI=1S/C23H25F3N4O4S2/c1-13-8-14(2)10-30(9-13)36(33,34)20-15(3)35-21-19(20)22(32)29(12-27-21)11-18(31)28-17-6-4-16(5-7-17)23(24,25)26/h4-7,12-14H,8-11H2,1-3H3,(H,28,31)/t13-,14-/m0/s1. The summed E-state index contributed by atoms with van der Waals surface area (Å²) in [4.78, 5) is 30.6. The Bertz CT molecular complexity index is 1450. The molecule has 1 N–H and O–H groups in total. The van der Waals surface area contributed by atoms with Crippen LogP contribution in [0.3, 0.4) is 0 Å². The van der Waals surface area contributed by atoms with Crippen molar-refractivity contribution in [1.82, 2.24) is 13.9 Å². The summed E-state index contributed by atoms with van der Waals surface area (Å²) in [6, 6.07) is 3.89. The Balaban J connectivity index is 1.63. The first-order chi connectivity index (χ1) is 16.8. The Morgan fingerprint density at radius 2 is 1.78 bits per heavy atom. The highest BCUT2D eigenvalue weighted by atomic mass is 32.2. The third kappa shape index (κ3) is 5.18. The second-order valence-electron chi connectivity index (χ2n) is 9.24. The van der Waals surface area contributed by atoms with Gasteiger partial charge in [0.1, 0.15) is 16.3 Å². The van der Waals surface area contributed by atoms with Crippen LogP contribution in [0, 0.1) is 18.8 Å². The molecule has 1 aliphatic heterocycles. The van der Waals surface area contributed by atoms with E-state index in [-0.39, 0.29) is 32.6 Å². The highest BCUT2D eigenvalue weighted by Crippen LogP contribution is 2.35. The van der Waals surface area contributed by atoms with Gasteiger partial charge >= 0.3 is 6.18 Å². The maximum atomic E-state index is 13.6. The molecule has 0 saturated carbocycles. The average Bonchev–Trinajstić information content (AvgIpc) is 3.12. The molecule has 4 rings (SSSR count). The van der Waals surface area contributed by atoms with Crippen LogP contribution >= 0.6 is 11.3 Å². The number of amides is 1. The van der Waals surface area contributed by atoms with Gasteiger partial charge in [0.15, 0.2) is 0 Å². The van der Waals surface area contributed by atoms with E-state index in [9.17, 15) is 31.2 Å². The molecular formula is C23H25F3N4O4S2. The van der Waals surface area contributed by atoms with E-state index in [1.165, 1.54) is 4.31 Å². The van der Waals surface area contributed by atoms with E-state index < -0.39 is 39.8 Å². The van der Waals surface area contributed by atoms with Crippen molar-refractivity contribution in [2.24, 2.45) is 11.8 Å². The van der Waals surface area contributed by atoms with E-state index in [0.717, 1.165) is 52.9 Å². The van der Waals surface area contributed by atoms with Gasteiger partial charge in [-0.05, 0) is 49.4 Å². The molecule has 3 aromatic rings. The van der Waals surface area contributed by atoms with E-state index in [4.69, 9.17) is 0 Å². The molecule has 1 fully saturated rings. The smallest absolute Gasteiger partial charge is 0.325 e. The fourth-order valence-electron chi connectivity index (χ4n) is 4.57. The van der Waals surface area contributed by atoms with Crippen LogP contribution < -0.4 is 10.9 Å². The van der Waals surface area contributed by atoms with Crippen LogP contribution in [0.15, 0.2) is 40.3 Å². The van der Waals surface area contributed by atoms with Crippen molar-refractivity contribution in [1.29, 1.82) is 0 Å². The predicted octanol–water partition coefficient (Wildman–Crippen LogP) is 4.09. The highest BCUT2D eigenvalue weighted by molar-refractivity contribution is 7.89. The molecule has 36 heavy (non-hydrogen) atoms. The fourth-order valence-corrected chi connectivity index (χ4v) is 7.91. The molecule has 8 nitrogen and oxygen atoms in total. The Hall–Kier alpha value is -2.77. The van der Waals surface area contributed by atoms with Crippen LogP contribution in [-0.2, 0) is 27.5 Å². The highest BCUT2D eigenvalue weighted by Gasteiger charge is 2.36. The SMILES string of the molecule is Cc1sc2ncn(CC(=O)Nc3ccc(C(F)(F)F)cc3)c(=O)c2c1S(=O)(=O)N1C[C@@H](C)C[C@H](C)C1. The van der Waals surface area contributed by atoms with Gasteiger partial charge in [0.2, 0.25) is 15.9 Å². The minimum Gasteiger partial charge on any atom is -0.325 e. The Morgan fingerprint density at radius 3 is 2.36 bits per heavy atom. The second kappa shape index (κ2) is 9.60. The van der Waals surface area contributed by atoms with Crippen molar-refractivity contribution in [3.8, 4) is 0 Å². The second-order valence-corrected chi connectivity index (χ2v) is 12.3. The zero-order valence-corrected chi connectivity index (χ0v) is 21.4. The topological polar surface area (TPSA) is 101 Å². The van der Waals surface area contributed by atoms with Crippen LogP contribution in [0.5, 0.6) is 0 Å².